The first-order chi connectivity index (χ1) is 9.72. The average Bonchev–Trinajstić information content (AvgIpc) is 3.10. The van der Waals surface area contributed by atoms with Crippen molar-refractivity contribution in [2.45, 2.75) is 12.5 Å². The van der Waals surface area contributed by atoms with Crippen molar-refractivity contribution in [3.63, 3.8) is 0 Å². The maximum Gasteiger partial charge on any atom is 0.254 e. The number of furan rings is 1. The number of nitrogens with one attached hydrogen (secondary N) is 1. The van der Waals surface area contributed by atoms with E-state index in [1.54, 1.807) is 6.07 Å². The fourth-order valence-corrected chi connectivity index (χ4v) is 2.63. The molecule has 1 amide bonds. The van der Waals surface area contributed by atoms with Crippen molar-refractivity contribution < 1.29 is 9.21 Å². The van der Waals surface area contributed by atoms with E-state index >= 15 is 0 Å². The lowest BCUT2D eigenvalue weighted by atomic mass is 10.2. The number of rotatable bonds is 3. The Morgan fingerprint density at radius 2 is 2.30 bits per heavy atom. The molecule has 1 aromatic heterocycles. The second kappa shape index (κ2) is 5.59. The van der Waals surface area contributed by atoms with Crippen molar-refractivity contribution in [3.05, 3.63) is 53.4 Å². The van der Waals surface area contributed by atoms with Crippen molar-refractivity contribution in [2.24, 2.45) is 0 Å². The molecule has 3 rings (SSSR count). The Morgan fingerprint density at radius 1 is 1.40 bits per heavy atom. The zero-order valence-electron chi connectivity index (χ0n) is 10.9. The third-order valence-electron chi connectivity index (χ3n) is 3.48. The SMILES string of the molecule is O=C(NC1CCN(c2cccc(Cl)c2)C1)c1ccoc1. The summed E-state index contributed by atoms with van der Waals surface area (Å²) in [5.41, 5.74) is 1.66. The summed E-state index contributed by atoms with van der Waals surface area (Å²) in [5.74, 6) is -0.0864. The normalized spacial score (nSPS) is 18.2. The molecule has 1 saturated heterocycles. The second-order valence-corrected chi connectivity index (χ2v) is 5.33. The van der Waals surface area contributed by atoms with E-state index in [0.717, 1.165) is 30.2 Å². The molecule has 0 bridgehead atoms. The lowest BCUT2D eigenvalue weighted by Gasteiger charge is -2.19. The number of carbonyl (C=O) groups is 1. The largest absolute Gasteiger partial charge is 0.472 e. The molecule has 5 heteroatoms. The molecule has 0 spiro atoms. The molecule has 1 aliphatic rings. The summed E-state index contributed by atoms with van der Waals surface area (Å²) in [6.07, 6.45) is 3.89. The van der Waals surface area contributed by atoms with Gasteiger partial charge >= 0.3 is 0 Å². The predicted molar refractivity (Wildman–Crippen MR) is 78.2 cm³/mol. The van der Waals surface area contributed by atoms with Gasteiger partial charge in [0.1, 0.15) is 6.26 Å². The Balaban J connectivity index is 1.61. The molecule has 0 aliphatic carbocycles. The van der Waals surface area contributed by atoms with Crippen LogP contribution in [0.3, 0.4) is 0 Å². The van der Waals surface area contributed by atoms with E-state index in [4.69, 9.17) is 16.0 Å². The van der Waals surface area contributed by atoms with Gasteiger partial charge in [-0.05, 0) is 30.7 Å². The minimum Gasteiger partial charge on any atom is -0.472 e. The quantitative estimate of drug-likeness (QED) is 0.945. The molecule has 0 saturated carbocycles. The van der Waals surface area contributed by atoms with Gasteiger partial charge in [0.2, 0.25) is 0 Å². The third-order valence-corrected chi connectivity index (χ3v) is 3.72. The van der Waals surface area contributed by atoms with Crippen LogP contribution in [0.25, 0.3) is 0 Å². The number of hydrogen-bond acceptors (Lipinski definition) is 3. The average molecular weight is 291 g/mol. The maximum absolute atomic E-state index is 11.9. The highest BCUT2D eigenvalue weighted by atomic mass is 35.5. The number of nitrogens with zero attached hydrogens (tertiary/aromatic N) is 1. The van der Waals surface area contributed by atoms with Crippen LogP contribution >= 0.6 is 11.6 Å². The lowest BCUT2D eigenvalue weighted by Crippen LogP contribution is -2.36. The Labute approximate surface area is 122 Å². The first-order valence-corrected chi connectivity index (χ1v) is 6.94. The van der Waals surface area contributed by atoms with Gasteiger partial charge in [-0.15, -0.1) is 0 Å². The topological polar surface area (TPSA) is 45.5 Å². The van der Waals surface area contributed by atoms with Crippen molar-refractivity contribution in [3.8, 4) is 0 Å². The number of halogens is 1. The van der Waals surface area contributed by atoms with E-state index in [1.807, 2.05) is 24.3 Å². The van der Waals surface area contributed by atoms with Gasteiger partial charge in [-0.25, -0.2) is 0 Å². The molecule has 20 heavy (non-hydrogen) atoms. The highest BCUT2D eigenvalue weighted by Gasteiger charge is 2.24. The van der Waals surface area contributed by atoms with E-state index in [1.165, 1.54) is 12.5 Å². The maximum atomic E-state index is 11.9. The van der Waals surface area contributed by atoms with E-state index in [2.05, 4.69) is 10.2 Å². The number of amides is 1. The van der Waals surface area contributed by atoms with Crippen LogP contribution in [0.15, 0.2) is 47.3 Å². The Morgan fingerprint density at radius 3 is 3.05 bits per heavy atom. The molecule has 104 valence electrons. The minimum atomic E-state index is -0.0864. The van der Waals surface area contributed by atoms with Crippen molar-refractivity contribution >= 4 is 23.2 Å². The summed E-state index contributed by atoms with van der Waals surface area (Å²) in [6, 6.07) is 9.60. The molecule has 1 aromatic carbocycles. The minimum absolute atomic E-state index is 0.0864. The zero-order chi connectivity index (χ0) is 13.9. The first-order valence-electron chi connectivity index (χ1n) is 6.56. The fourth-order valence-electron chi connectivity index (χ4n) is 2.45. The lowest BCUT2D eigenvalue weighted by molar-refractivity contribution is 0.0940. The van der Waals surface area contributed by atoms with Gasteiger partial charge in [0, 0.05) is 29.8 Å². The monoisotopic (exact) mass is 290 g/mol. The van der Waals surface area contributed by atoms with Crippen LogP contribution in [0.2, 0.25) is 5.02 Å². The fraction of sp³-hybridized carbons (Fsp3) is 0.267. The molecule has 0 radical (unpaired) electrons. The van der Waals surface area contributed by atoms with Gasteiger partial charge in [-0.1, -0.05) is 17.7 Å². The Kier molecular flexibility index (Phi) is 3.65. The van der Waals surface area contributed by atoms with Gasteiger partial charge in [-0.2, -0.15) is 0 Å². The van der Waals surface area contributed by atoms with Crippen molar-refractivity contribution in [2.75, 3.05) is 18.0 Å². The molecule has 4 nitrogen and oxygen atoms in total. The standard InChI is InChI=1S/C15H15ClN2O2/c16-12-2-1-3-14(8-12)18-6-4-13(9-18)17-15(19)11-5-7-20-10-11/h1-3,5,7-8,10,13H,4,6,9H2,(H,17,19). The van der Waals surface area contributed by atoms with Crippen LogP contribution < -0.4 is 10.2 Å². The molecule has 1 fully saturated rings. The number of hydrogen-bond donors (Lipinski definition) is 1. The van der Waals surface area contributed by atoms with Gasteiger partial charge in [0.25, 0.3) is 5.91 Å². The molecular formula is C15H15ClN2O2. The van der Waals surface area contributed by atoms with Gasteiger partial charge in [-0.3, -0.25) is 4.79 Å². The van der Waals surface area contributed by atoms with E-state index in [9.17, 15) is 4.79 Å². The zero-order valence-corrected chi connectivity index (χ0v) is 11.6. The second-order valence-electron chi connectivity index (χ2n) is 4.90. The van der Waals surface area contributed by atoms with Crippen LogP contribution in [0.1, 0.15) is 16.8 Å². The van der Waals surface area contributed by atoms with Gasteiger partial charge in [0.15, 0.2) is 0 Å². The molecule has 2 aromatic rings. The molecule has 1 N–H and O–H groups in total. The van der Waals surface area contributed by atoms with E-state index < -0.39 is 0 Å². The highest BCUT2D eigenvalue weighted by molar-refractivity contribution is 6.30. The summed E-state index contributed by atoms with van der Waals surface area (Å²) in [5, 5.41) is 3.75. The Hall–Kier alpha value is -1.94. The molecule has 2 heterocycles. The Bertz CT molecular complexity index is 598. The summed E-state index contributed by atoms with van der Waals surface area (Å²) < 4.78 is 4.92. The summed E-state index contributed by atoms with van der Waals surface area (Å²) in [6.45, 7) is 1.71. The van der Waals surface area contributed by atoms with Crippen LogP contribution in [0, 0.1) is 0 Å². The van der Waals surface area contributed by atoms with Gasteiger partial charge < -0.3 is 14.6 Å². The van der Waals surface area contributed by atoms with E-state index in [-0.39, 0.29) is 11.9 Å². The number of carbonyl (C=O) groups excluding carboxylic acids is 1. The summed E-state index contributed by atoms with van der Waals surface area (Å²) in [4.78, 5) is 14.2. The van der Waals surface area contributed by atoms with Crippen molar-refractivity contribution in [1.29, 1.82) is 0 Å². The van der Waals surface area contributed by atoms with Gasteiger partial charge in [0.05, 0.1) is 11.8 Å². The third kappa shape index (κ3) is 2.80. The smallest absolute Gasteiger partial charge is 0.254 e. The molecule has 1 unspecified atom stereocenters. The van der Waals surface area contributed by atoms with Crippen LogP contribution in [-0.4, -0.2) is 25.0 Å². The van der Waals surface area contributed by atoms with Crippen molar-refractivity contribution in [1.82, 2.24) is 5.32 Å². The summed E-state index contributed by atoms with van der Waals surface area (Å²) >= 11 is 6.00. The predicted octanol–water partition coefficient (Wildman–Crippen LogP) is 2.94. The number of benzene rings is 1. The molecule has 1 aliphatic heterocycles. The van der Waals surface area contributed by atoms with Crippen LogP contribution in [0.5, 0.6) is 0 Å². The van der Waals surface area contributed by atoms with E-state index in [0.29, 0.717) is 5.56 Å². The number of anilines is 1. The summed E-state index contributed by atoms with van der Waals surface area (Å²) in [7, 11) is 0. The first kappa shape index (κ1) is 13.1. The van der Waals surface area contributed by atoms with Crippen LogP contribution in [0.4, 0.5) is 5.69 Å². The molecular weight excluding hydrogens is 276 g/mol. The highest BCUT2D eigenvalue weighted by Crippen LogP contribution is 2.23. The molecule has 1 atom stereocenters. The van der Waals surface area contributed by atoms with Crippen LogP contribution in [-0.2, 0) is 0 Å².